The summed E-state index contributed by atoms with van der Waals surface area (Å²) in [6, 6.07) is 10.8. The topological polar surface area (TPSA) is 78.5 Å². The Morgan fingerprint density at radius 1 is 1.11 bits per heavy atom. The molecule has 1 aliphatic heterocycles. The van der Waals surface area contributed by atoms with Gasteiger partial charge in [-0.05, 0) is 35.7 Å². The molecule has 0 radical (unpaired) electrons. The Bertz CT molecular complexity index is 626. The van der Waals surface area contributed by atoms with E-state index in [0.29, 0.717) is 11.6 Å². The molecule has 2 aromatic carbocycles. The number of hydrogen-bond donors (Lipinski definition) is 4. The maximum Gasteiger partial charge on any atom is 0.138 e. The first kappa shape index (κ1) is 11.7. The SMILES string of the molecule is Nc1cc(C2CNc3cc(O)ccc3C2)ccc1O. The fourth-order valence-corrected chi connectivity index (χ4v) is 2.54. The van der Waals surface area contributed by atoms with Gasteiger partial charge in [-0.3, -0.25) is 0 Å². The molecule has 0 spiro atoms. The summed E-state index contributed by atoms with van der Waals surface area (Å²) in [5.41, 5.74) is 9.43. The molecule has 0 fully saturated rings. The average molecular weight is 256 g/mol. The summed E-state index contributed by atoms with van der Waals surface area (Å²) in [4.78, 5) is 0. The van der Waals surface area contributed by atoms with Crippen LogP contribution in [0.4, 0.5) is 11.4 Å². The van der Waals surface area contributed by atoms with Gasteiger partial charge >= 0.3 is 0 Å². The van der Waals surface area contributed by atoms with Crippen LogP contribution in [0, 0.1) is 0 Å². The van der Waals surface area contributed by atoms with Gasteiger partial charge in [-0.15, -0.1) is 0 Å². The van der Waals surface area contributed by atoms with Gasteiger partial charge in [0.1, 0.15) is 11.5 Å². The Labute approximate surface area is 111 Å². The Hall–Kier alpha value is -2.36. The van der Waals surface area contributed by atoms with E-state index in [9.17, 15) is 10.2 Å². The first-order valence-corrected chi connectivity index (χ1v) is 6.27. The molecule has 1 heterocycles. The molecule has 4 nitrogen and oxygen atoms in total. The molecule has 3 rings (SSSR count). The lowest BCUT2D eigenvalue weighted by Gasteiger charge is -2.27. The van der Waals surface area contributed by atoms with Gasteiger partial charge in [0.15, 0.2) is 0 Å². The highest BCUT2D eigenvalue weighted by molar-refractivity contribution is 5.59. The van der Waals surface area contributed by atoms with Crippen LogP contribution in [0.3, 0.4) is 0 Å². The predicted octanol–water partition coefficient (Wildman–Crippen LogP) is 2.43. The molecule has 4 heteroatoms. The van der Waals surface area contributed by atoms with Crippen molar-refractivity contribution in [1.29, 1.82) is 0 Å². The molecule has 0 amide bonds. The smallest absolute Gasteiger partial charge is 0.138 e. The monoisotopic (exact) mass is 256 g/mol. The van der Waals surface area contributed by atoms with Gasteiger partial charge in [0.05, 0.1) is 5.69 Å². The Morgan fingerprint density at radius 3 is 2.74 bits per heavy atom. The first-order valence-electron chi connectivity index (χ1n) is 6.27. The Morgan fingerprint density at radius 2 is 1.95 bits per heavy atom. The molecule has 0 saturated heterocycles. The van der Waals surface area contributed by atoms with Gasteiger partial charge < -0.3 is 21.3 Å². The minimum atomic E-state index is 0.123. The molecule has 1 unspecified atom stereocenters. The van der Waals surface area contributed by atoms with Crippen molar-refractivity contribution in [2.45, 2.75) is 12.3 Å². The predicted molar refractivity (Wildman–Crippen MR) is 75.6 cm³/mol. The zero-order valence-corrected chi connectivity index (χ0v) is 10.4. The van der Waals surface area contributed by atoms with Crippen molar-refractivity contribution in [2.24, 2.45) is 0 Å². The van der Waals surface area contributed by atoms with E-state index in [1.165, 1.54) is 5.56 Å². The van der Waals surface area contributed by atoms with Gasteiger partial charge in [0, 0.05) is 24.2 Å². The second kappa shape index (κ2) is 4.39. The lowest BCUT2D eigenvalue weighted by atomic mass is 9.88. The third-order valence-electron chi connectivity index (χ3n) is 3.62. The molecule has 0 aliphatic carbocycles. The van der Waals surface area contributed by atoms with Crippen LogP contribution < -0.4 is 11.1 Å². The molecular formula is C15H16N2O2. The van der Waals surface area contributed by atoms with E-state index >= 15 is 0 Å². The third-order valence-corrected chi connectivity index (χ3v) is 3.62. The molecule has 19 heavy (non-hydrogen) atoms. The van der Waals surface area contributed by atoms with Gasteiger partial charge in [0.2, 0.25) is 0 Å². The highest BCUT2D eigenvalue weighted by Crippen LogP contribution is 2.34. The molecule has 0 bridgehead atoms. The summed E-state index contributed by atoms with van der Waals surface area (Å²) in [7, 11) is 0. The first-order chi connectivity index (χ1) is 9.13. The number of benzene rings is 2. The number of nitrogens with two attached hydrogens (primary N) is 1. The summed E-state index contributed by atoms with van der Waals surface area (Å²) in [5.74, 6) is 0.719. The molecule has 2 aromatic rings. The molecule has 5 N–H and O–H groups in total. The summed E-state index contributed by atoms with van der Waals surface area (Å²) in [6.07, 6.45) is 0.896. The Kier molecular flexibility index (Phi) is 2.71. The van der Waals surface area contributed by atoms with Crippen LogP contribution in [0.1, 0.15) is 17.0 Å². The highest BCUT2D eigenvalue weighted by atomic mass is 16.3. The lowest BCUT2D eigenvalue weighted by molar-refractivity contribution is 0.474. The zero-order chi connectivity index (χ0) is 13.4. The molecule has 0 aromatic heterocycles. The van der Waals surface area contributed by atoms with Crippen molar-refractivity contribution >= 4 is 11.4 Å². The number of phenolic OH excluding ortho intramolecular Hbond substituents is 2. The zero-order valence-electron chi connectivity index (χ0n) is 10.4. The van der Waals surface area contributed by atoms with E-state index in [1.54, 1.807) is 18.2 Å². The molecule has 1 atom stereocenters. The molecule has 98 valence electrons. The van der Waals surface area contributed by atoms with Crippen LogP contribution in [-0.2, 0) is 6.42 Å². The van der Waals surface area contributed by atoms with Crippen LogP contribution in [0.2, 0.25) is 0 Å². The summed E-state index contributed by atoms with van der Waals surface area (Å²) >= 11 is 0. The van der Waals surface area contributed by atoms with Crippen molar-refractivity contribution in [3.8, 4) is 11.5 Å². The second-order valence-corrected chi connectivity index (χ2v) is 4.94. The van der Waals surface area contributed by atoms with E-state index in [4.69, 9.17) is 5.73 Å². The second-order valence-electron chi connectivity index (χ2n) is 4.94. The number of nitrogens with one attached hydrogen (secondary N) is 1. The van der Waals surface area contributed by atoms with Crippen molar-refractivity contribution in [3.63, 3.8) is 0 Å². The van der Waals surface area contributed by atoms with E-state index in [0.717, 1.165) is 24.2 Å². The van der Waals surface area contributed by atoms with Gasteiger partial charge in [-0.2, -0.15) is 0 Å². The van der Waals surface area contributed by atoms with Crippen LogP contribution >= 0.6 is 0 Å². The standard InChI is InChI=1S/C15H16N2O2/c16-13-6-9(2-4-15(13)19)11-5-10-1-3-12(18)7-14(10)17-8-11/h1-4,6-7,11,17-19H,5,8,16H2. The number of anilines is 2. The normalized spacial score (nSPS) is 17.6. The Balaban J connectivity index is 1.89. The van der Waals surface area contributed by atoms with Crippen molar-refractivity contribution in [3.05, 3.63) is 47.5 Å². The number of fused-ring (bicyclic) bond motifs is 1. The number of rotatable bonds is 1. The van der Waals surface area contributed by atoms with Gasteiger partial charge in [-0.25, -0.2) is 0 Å². The lowest BCUT2D eigenvalue weighted by Crippen LogP contribution is -2.21. The van der Waals surface area contributed by atoms with E-state index in [-0.39, 0.29) is 11.5 Å². The van der Waals surface area contributed by atoms with Crippen LogP contribution in [0.25, 0.3) is 0 Å². The highest BCUT2D eigenvalue weighted by Gasteiger charge is 2.20. The van der Waals surface area contributed by atoms with Gasteiger partial charge in [0.25, 0.3) is 0 Å². The molecule has 0 saturated carbocycles. The van der Waals surface area contributed by atoms with Crippen molar-refractivity contribution in [2.75, 3.05) is 17.6 Å². The van der Waals surface area contributed by atoms with Crippen molar-refractivity contribution < 1.29 is 10.2 Å². The molecular weight excluding hydrogens is 240 g/mol. The maximum atomic E-state index is 9.46. The minimum Gasteiger partial charge on any atom is -0.508 e. The van der Waals surface area contributed by atoms with Crippen LogP contribution in [0.15, 0.2) is 36.4 Å². The quantitative estimate of drug-likeness (QED) is 0.467. The summed E-state index contributed by atoms with van der Waals surface area (Å²) in [5, 5.41) is 22.2. The molecule has 1 aliphatic rings. The summed E-state index contributed by atoms with van der Waals surface area (Å²) in [6.45, 7) is 0.792. The fraction of sp³-hybridized carbons (Fsp3) is 0.200. The average Bonchev–Trinajstić information content (AvgIpc) is 2.41. The number of nitrogen functional groups attached to an aromatic ring is 1. The summed E-state index contributed by atoms with van der Waals surface area (Å²) < 4.78 is 0. The third kappa shape index (κ3) is 2.17. The minimum absolute atomic E-state index is 0.123. The number of aromatic hydroxyl groups is 2. The number of phenols is 2. The van der Waals surface area contributed by atoms with Gasteiger partial charge in [-0.1, -0.05) is 12.1 Å². The van der Waals surface area contributed by atoms with E-state index in [1.807, 2.05) is 18.2 Å². The van der Waals surface area contributed by atoms with E-state index < -0.39 is 0 Å². The number of hydrogen-bond acceptors (Lipinski definition) is 4. The fourth-order valence-electron chi connectivity index (χ4n) is 2.54. The van der Waals surface area contributed by atoms with Crippen LogP contribution in [-0.4, -0.2) is 16.8 Å². The van der Waals surface area contributed by atoms with Crippen molar-refractivity contribution in [1.82, 2.24) is 0 Å². The van der Waals surface area contributed by atoms with E-state index in [2.05, 4.69) is 5.32 Å². The maximum absolute atomic E-state index is 9.46. The largest absolute Gasteiger partial charge is 0.508 e. The van der Waals surface area contributed by atoms with Crippen LogP contribution in [0.5, 0.6) is 11.5 Å².